The molecule has 0 bridgehead atoms. The fourth-order valence-corrected chi connectivity index (χ4v) is 4.05. The van der Waals surface area contributed by atoms with E-state index in [-0.39, 0.29) is 11.7 Å². The zero-order valence-electron chi connectivity index (χ0n) is 14.4. The number of rotatable bonds is 4. The second kappa shape index (κ2) is 7.43. The molecule has 0 N–H and O–H groups in total. The molecule has 0 heterocycles. The van der Waals surface area contributed by atoms with E-state index < -0.39 is 0 Å². The molecule has 26 heavy (non-hydrogen) atoms. The Morgan fingerprint density at radius 3 is 1.96 bits per heavy atom. The third kappa shape index (κ3) is 3.30. The zero-order valence-corrected chi connectivity index (χ0v) is 15.9. The first-order valence-corrected chi connectivity index (χ1v) is 9.67. The van der Waals surface area contributed by atoms with Crippen molar-refractivity contribution >= 4 is 32.9 Å². The SMILES string of the molecule is O=C(c1ccc(Br)cc1)C1CCC(c2ccccc2)=C1c1ccccc1. The Bertz CT molecular complexity index is 941. The molecule has 3 aromatic carbocycles. The molecule has 0 radical (unpaired) electrons. The van der Waals surface area contributed by atoms with Crippen molar-refractivity contribution in [3.05, 3.63) is 106 Å². The van der Waals surface area contributed by atoms with Crippen LogP contribution < -0.4 is 0 Å². The van der Waals surface area contributed by atoms with Crippen LogP contribution in [0.4, 0.5) is 0 Å². The van der Waals surface area contributed by atoms with Crippen LogP contribution in [0.3, 0.4) is 0 Å². The van der Waals surface area contributed by atoms with Gasteiger partial charge in [-0.3, -0.25) is 4.79 Å². The van der Waals surface area contributed by atoms with Gasteiger partial charge in [-0.25, -0.2) is 0 Å². The smallest absolute Gasteiger partial charge is 0.170 e. The van der Waals surface area contributed by atoms with Gasteiger partial charge in [0, 0.05) is 16.0 Å². The topological polar surface area (TPSA) is 17.1 Å². The Morgan fingerprint density at radius 2 is 1.35 bits per heavy atom. The number of benzene rings is 3. The summed E-state index contributed by atoms with van der Waals surface area (Å²) in [5.74, 6) is 0.121. The van der Waals surface area contributed by atoms with Crippen molar-refractivity contribution in [2.45, 2.75) is 12.8 Å². The maximum Gasteiger partial charge on any atom is 0.170 e. The van der Waals surface area contributed by atoms with Crippen LogP contribution in [0.15, 0.2) is 89.4 Å². The normalized spacial score (nSPS) is 16.7. The van der Waals surface area contributed by atoms with E-state index in [1.807, 2.05) is 48.5 Å². The van der Waals surface area contributed by atoms with E-state index >= 15 is 0 Å². The van der Waals surface area contributed by atoms with Crippen LogP contribution in [0.25, 0.3) is 11.1 Å². The predicted molar refractivity (Wildman–Crippen MR) is 111 cm³/mol. The van der Waals surface area contributed by atoms with Gasteiger partial charge in [0.05, 0.1) is 0 Å². The van der Waals surface area contributed by atoms with Gasteiger partial charge in [0.15, 0.2) is 5.78 Å². The molecular formula is C24H19BrO. The zero-order chi connectivity index (χ0) is 17.9. The molecule has 0 aromatic heterocycles. The standard InChI is InChI=1S/C24H19BrO/c25-20-13-11-19(12-14-20)24(26)22-16-15-21(17-7-3-1-4-8-17)23(22)18-9-5-2-6-10-18/h1-14,22H,15-16H2. The summed E-state index contributed by atoms with van der Waals surface area (Å²) in [5.41, 5.74) is 5.63. The fraction of sp³-hybridized carbons (Fsp3) is 0.125. The Morgan fingerprint density at radius 1 is 0.769 bits per heavy atom. The molecule has 1 aliphatic rings. The van der Waals surface area contributed by atoms with E-state index in [1.54, 1.807) is 0 Å². The Labute approximate surface area is 162 Å². The van der Waals surface area contributed by atoms with Gasteiger partial charge in [0.2, 0.25) is 0 Å². The number of ketones is 1. The molecular weight excluding hydrogens is 384 g/mol. The first-order valence-electron chi connectivity index (χ1n) is 8.87. The van der Waals surface area contributed by atoms with Crippen molar-refractivity contribution in [3.8, 4) is 0 Å². The van der Waals surface area contributed by atoms with Gasteiger partial charge < -0.3 is 0 Å². The van der Waals surface area contributed by atoms with Gasteiger partial charge in [0.25, 0.3) is 0 Å². The van der Waals surface area contributed by atoms with Crippen LogP contribution in [0.1, 0.15) is 34.3 Å². The van der Waals surface area contributed by atoms with Crippen LogP contribution in [0.2, 0.25) is 0 Å². The van der Waals surface area contributed by atoms with Crippen molar-refractivity contribution in [2.75, 3.05) is 0 Å². The van der Waals surface area contributed by atoms with Crippen molar-refractivity contribution in [1.82, 2.24) is 0 Å². The lowest BCUT2D eigenvalue weighted by atomic mass is 9.86. The molecule has 4 rings (SSSR count). The molecule has 2 heteroatoms. The predicted octanol–water partition coefficient (Wildman–Crippen LogP) is 6.65. The van der Waals surface area contributed by atoms with Crippen LogP contribution in [-0.2, 0) is 0 Å². The third-order valence-corrected chi connectivity index (χ3v) is 5.54. The molecule has 1 atom stereocenters. The third-order valence-electron chi connectivity index (χ3n) is 5.01. The Hall–Kier alpha value is -2.45. The highest BCUT2D eigenvalue weighted by Crippen LogP contribution is 2.45. The number of carbonyl (C=O) groups excluding carboxylic acids is 1. The number of Topliss-reactive ketones (excluding diaryl/α,β-unsaturated/α-hetero) is 1. The quantitative estimate of drug-likeness (QED) is 0.446. The van der Waals surface area contributed by atoms with Crippen molar-refractivity contribution < 1.29 is 4.79 Å². The molecule has 0 fully saturated rings. The molecule has 1 unspecified atom stereocenters. The second-order valence-electron chi connectivity index (χ2n) is 6.59. The minimum Gasteiger partial charge on any atom is -0.293 e. The molecule has 1 aliphatic carbocycles. The molecule has 3 aromatic rings. The molecule has 0 saturated carbocycles. The molecule has 1 nitrogen and oxygen atoms in total. The number of hydrogen-bond donors (Lipinski definition) is 0. The highest BCUT2D eigenvalue weighted by atomic mass is 79.9. The first kappa shape index (κ1) is 17.0. The summed E-state index contributed by atoms with van der Waals surface area (Å²) in [7, 11) is 0. The monoisotopic (exact) mass is 402 g/mol. The Kier molecular flexibility index (Phi) is 4.85. The molecule has 0 spiro atoms. The average Bonchev–Trinajstić information content (AvgIpc) is 3.14. The highest BCUT2D eigenvalue weighted by Gasteiger charge is 2.32. The van der Waals surface area contributed by atoms with E-state index in [1.165, 1.54) is 16.7 Å². The largest absolute Gasteiger partial charge is 0.293 e. The van der Waals surface area contributed by atoms with Gasteiger partial charge in [-0.05, 0) is 47.2 Å². The highest BCUT2D eigenvalue weighted by molar-refractivity contribution is 9.10. The fourth-order valence-electron chi connectivity index (χ4n) is 3.79. The summed E-state index contributed by atoms with van der Waals surface area (Å²) in [6.45, 7) is 0. The minimum absolute atomic E-state index is 0.0891. The van der Waals surface area contributed by atoms with Gasteiger partial charge >= 0.3 is 0 Å². The molecule has 0 aliphatic heterocycles. The van der Waals surface area contributed by atoms with Gasteiger partial charge in [-0.15, -0.1) is 0 Å². The van der Waals surface area contributed by atoms with Crippen LogP contribution >= 0.6 is 15.9 Å². The van der Waals surface area contributed by atoms with Crippen LogP contribution in [-0.4, -0.2) is 5.78 Å². The van der Waals surface area contributed by atoms with E-state index in [0.717, 1.165) is 28.4 Å². The van der Waals surface area contributed by atoms with E-state index in [0.29, 0.717) is 0 Å². The van der Waals surface area contributed by atoms with Crippen LogP contribution in [0.5, 0.6) is 0 Å². The lowest BCUT2D eigenvalue weighted by Crippen LogP contribution is -2.14. The van der Waals surface area contributed by atoms with E-state index in [4.69, 9.17) is 0 Å². The number of halogens is 1. The van der Waals surface area contributed by atoms with Gasteiger partial charge in [-0.1, -0.05) is 88.7 Å². The average molecular weight is 403 g/mol. The Balaban J connectivity index is 1.81. The number of hydrogen-bond acceptors (Lipinski definition) is 1. The van der Waals surface area contributed by atoms with E-state index in [2.05, 4.69) is 52.3 Å². The second-order valence-corrected chi connectivity index (χ2v) is 7.50. The van der Waals surface area contributed by atoms with Crippen LogP contribution in [0, 0.1) is 5.92 Å². The number of allylic oxidation sites excluding steroid dienone is 2. The summed E-state index contributed by atoms with van der Waals surface area (Å²) in [5, 5.41) is 0. The van der Waals surface area contributed by atoms with Gasteiger partial charge in [-0.2, -0.15) is 0 Å². The lowest BCUT2D eigenvalue weighted by molar-refractivity contribution is 0.0949. The number of carbonyl (C=O) groups is 1. The summed E-state index contributed by atoms with van der Waals surface area (Å²) in [4.78, 5) is 13.3. The maximum absolute atomic E-state index is 13.3. The van der Waals surface area contributed by atoms with Gasteiger partial charge in [0.1, 0.15) is 0 Å². The van der Waals surface area contributed by atoms with Crippen molar-refractivity contribution in [1.29, 1.82) is 0 Å². The van der Waals surface area contributed by atoms with Crippen molar-refractivity contribution in [2.24, 2.45) is 5.92 Å². The molecule has 128 valence electrons. The van der Waals surface area contributed by atoms with E-state index in [9.17, 15) is 4.79 Å². The summed E-state index contributed by atoms with van der Waals surface area (Å²) in [6.07, 6.45) is 1.80. The summed E-state index contributed by atoms with van der Waals surface area (Å²) in [6, 6.07) is 28.5. The lowest BCUT2D eigenvalue weighted by Gasteiger charge is -2.16. The molecule has 0 amide bonds. The molecule has 0 saturated heterocycles. The summed E-state index contributed by atoms with van der Waals surface area (Å²) >= 11 is 3.45. The first-order chi connectivity index (χ1) is 12.7. The minimum atomic E-state index is -0.0891. The maximum atomic E-state index is 13.3. The van der Waals surface area contributed by atoms with Crippen molar-refractivity contribution in [3.63, 3.8) is 0 Å². The summed E-state index contributed by atoms with van der Waals surface area (Å²) < 4.78 is 0.990.